The molecule has 1 aromatic carbocycles. The highest BCUT2D eigenvalue weighted by Crippen LogP contribution is 2.37. The highest BCUT2D eigenvalue weighted by molar-refractivity contribution is 6.47. The summed E-state index contributed by atoms with van der Waals surface area (Å²) in [5.74, 6) is -0.624. The van der Waals surface area contributed by atoms with Crippen molar-refractivity contribution < 1.29 is 24.4 Å². The van der Waals surface area contributed by atoms with Crippen LogP contribution in [0.3, 0.4) is 0 Å². The van der Waals surface area contributed by atoms with Gasteiger partial charge in [0.2, 0.25) is 0 Å². The number of ketones is 1. The summed E-state index contributed by atoms with van der Waals surface area (Å²) in [6.07, 6.45) is 5.58. The molecule has 30 heavy (non-hydrogen) atoms. The van der Waals surface area contributed by atoms with Gasteiger partial charge in [0.15, 0.2) is 0 Å². The van der Waals surface area contributed by atoms with Crippen LogP contribution in [0.4, 0.5) is 0 Å². The largest absolute Gasteiger partial charge is 0.535 e. The zero-order chi connectivity index (χ0) is 21.7. The molecule has 1 aliphatic heterocycles. The van der Waals surface area contributed by atoms with Crippen LogP contribution >= 0.6 is 0 Å². The van der Waals surface area contributed by atoms with Gasteiger partial charge in [-0.25, -0.2) is 4.79 Å². The number of likely N-dealkylation sites (N-methyl/N-ethyl adjacent to an activating group) is 1. The van der Waals surface area contributed by atoms with E-state index in [0.717, 1.165) is 44.3 Å². The third-order valence-corrected chi connectivity index (χ3v) is 6.30. The number of Topliss-reactive ketones (excluding diaryl/α,β-unsaturated/α-hetero) is 1. The van der Waals surface area contributed by atoms with Crippen LogP contribution in [0.1, 0.15) is 54.4 Å². The lowest BCUT2D eigenvalue weighted by atomic mass is 9.64. The van der Waals surface area contributed by atoms with E-state index in [0.29, 0.717) is 24.8 Å². The Morgan fingerprint density at radius 3 is 2.60 bits per heavy atom. The van der Waals surface area contributed by atoms with Crippen molar-refractivity contribution >= 4 is 18.9 Å². The van der Waals surface area contributed by atoms with Gasteiger partial charge in [-0.1, -0.05) is 12.1 Å². The Bertz CT molecular complexity index is 749. The molecule has 1 heterocycles. The van der Waals surface area contributed by atoms with Gasteiger partial charge < -0.3 is 25.0 Å². The summed E-state index contributed by atoms with van der Waals surface area (Å²) in [6.45, 7) is 2.02. The van der Waals surface area contributed by atoms with Crippen molar-refractivity contribution in [2.75, 3.05) is 27.2 Å². The molecule has 164 valence electrons. The number of nitrogens with zero attached hydrogens (tertiary/aromatic N) is 1. The average Bonchev–Trinajstić information content (AvgIpc) is 2.69. The van der Waals surface area contributed by atoms with Crippen molar-refractivity contribution in [1.82, 2.24) is 10.2 Å². The first-order chi connectivity index (χ1) is 14.3. The van der Waals surface area contributed by atoms with E-state index < -0.39 is 13.1 Å². The number of hydrogen-bond acceptors (Lipinski definition) is 6. The number of carboxylic acids is 1. The summed E-state index contributed by atoms with van der Waals surface area (Å²) in [4.78, 5) is 26.2. The number of carbonyl (C=O) groups is 2. The van der Waals surface area contributed by atoms with E-state index in [4.69, 9.17) is 4.65 Å². The molecule has 0 unspecified atom stereocenters. The highest BCUT2D eigenvalue weighted by Gasteiger charge is 2.38. The van der Waals surface area contributed by atoms with E-state index in [9.17, 15) is 19.7 Å². The molecule has 2 aliphatic rings. The predicted octanol–water partition coefficient (Wildman–Crippen LogP) is 2.23. The Morgan fingerprint density at radius 1 is 1.20 bits per heavy atom. The van der Waals surface area contributed by atoms with E-state index in [1.807, 2.05) is 0 Å². The molecule has 1 atom stereocenters. The molecule has 3 rings (SSSR count). The van der Waals surface area contributed by atoms with E-state index in [1.54, 1.807) is 12.1 Å². The van der Waals surface area contributed by atoms with E-state index in [1.165, 1.54) is 6.07 Å². The second-order valence-electron chi connectivity index (χ2n) is 8.99. The van der Waals surface area contributed by atoms with Gasteiger partial charge >= 0.3 is 13.1 Å². The van der Waals surface area contributed by atoms with Crippen molar-refractivity contribution in [1.29, 1.82) is 0 Å². The number of fused-ring (bicyclic) bond motifs is 1. The molecule has 1 fully saturated rings. The van der Waals surface area contributed by atoms with Gasteiger partial charge in [0.05, 0.1) is 5.56 Å². The van der Waals surface area contributed by atoms with E-state index in [2.05, 4.69) is 24.3 Å². The minimum absolute atomic E-state index is 0.0484. The van der Waals surface area contributed by atoms with Crippen LogP contribution in [0.5, 0.6) is 5.75 Å². The lowest BCUT2D eigenvalue weighted by Crippen LogP contribution is -2.38. The summed E-state index contributed by atoms with van der Waals surface area (Å²) < 4.78 is 5.51. The summed E-state index contributed by atoms with van der Waals surface area (Å²) in [7, 11) is 2.99. The first-order valence-electron chi connectivity index (χ1n) is 10.9. The van der Waals surface area contributed by atoms with Crippen LogP contribution in [0.2, 0.25) is 5.82 Å². The molecule has 1 aromatic rings. The minimum Gasteiger partial charge on any atom is -0.535 e. The van der Waals surface area contributed by atoms with Gasteiger partial charge in [0.1, 0.15) is 11.5 Å². The molecule has 8 heteroatoms. The molecule has 0 saturated heterocycles. The molecule has 0 spiro atoms. The van der Waals surface area contributed by atoms with Crippen LogP contribution in [-0.4, -0.2) is 67.1 Å². The maximum atomic E-state index is 12.7. The number of aromatic carboxylic acids is 1. The Labute approximate surface area is 178 Å². The number of nitrogens with one attached hydrogen (secondary N) is 1. The number of carboxylic acid groups (broad SMARTS) is 1. The number of benzene rings is 1. The summed E-state index contributed by atoms with van der Waals surface area (Å²) in [5.41, 5.74) is 0.787. The lowest BCUT2D eigenvalue weighted by Gasteiger charge is -2.30. The molecule has 7 nitrogen and oxygen atoms in total. The monoisotopic (exact) mass is 416 g/mol. The fourth-order valence-corrected chi connectivity index (χ4v) is 4.59. The van der Waals surface area contributed by atoms with Crippen molar-refractivity contribution in [3.8, 4) is 5.75 Å². The van der Waals surface area contributed by atoms with Crippen LogP contribution in [-0.2, 0) is 11.2 Å². The van der Waals surface area contributed by atoms with Gasteiger partial charge in [0, 0.05) is 37.8 Å². The fourth-order valence-electron chi connectivity index (χ4n) is 4.59. The van der Waals surface area contributed by atoms with Crippen LogP contribution < -0.4 is 9.97 Å². The SMILES string of the molecule is CN(C)CCNC1CCC(CC(=O)C[C@H]2Cc3cccc(C(=O)O)c3OB2O)CC1. The molecule has 0 radical (unpaired) electrons. The Kier molecular flexibility index (Phi) is 7.91. The first kappa shape index (κ1) is 22.8. The van der Waals surface area contributed by atoms with Crippen molar-refractivity contribution in [2.24, 2.45) is 5.92 Å². The van der Waals surface area contributed by atoms with Gasteiger partial charge in [0.25, 0.3) is 0 Å². The maximum absolute atomic E-state index is 12.7. The van der Waals surface area contributed by atoms with E-state index >= 15 is 0 Å². The Balaban J connectivity index is 1.46. The quantitative estimate of drug-likeness (QED) is 0.531. The van der Waals surface area contributed by atoms with Gasteiger partial charge in [-0.2, -0.15) is 0 Å². The van der Waals surface area contributed by atoms with Gasteiger partial charge in [-0.05, 0) is 63.7 Å². The third kappa shape index (κ3) is 6.06. The number of para-hydroxylation sites is 1. The zero-order valence-corrected chi connectivity index (χ0v) is 18.0. The summed E-state index contributed by atoms with van der Waals surface area (Å²) in [5, 5.41) is 23.2. The molecule has 0 bridgehead atoms. The predicted molar refractivity (Wildman–Crippen MR) is 116 cm³/mol. The Morgan fingerprint density at radius 2 is 1.93 bits per heavy atom. The summed E-state index contributed by atoms with van der Waals surface area (Å²) >= 11 is 0. The summed E-state index contributed by atoms with van der Waals surface area (Å²) in [6, 6.07) is 5.48. The van der Waals surface area contributed by atoms with Crippen molar-refractivity contribution in [3.63, 3.8) is 0 Å². The second-order valence-corrected chi connectivity index (χ2v) is 8.99. The standard InChI is InChI=1S/C22H33BN2O5/c1-25(2)11-10-24-18-8-6-15(7-9-18)12-19(26)14-17-13-16-4-3-5-20(22(27)28)21(16)30-23(17)29/h3-5,15,17-18,24,29H,6-14H2,1-2H3,(H,27,28)/t15?,17-,18?/m1/s1. The zero-order valence-electron chi connectivity index (χ0n) is 18.0. The lowest BCUT2D eigenvalue weighted by molar-refractivity contribution is -0.120. The molecule has 1 saturated carbocycles. The van der Waals surface area contributed by atoms with Gasteiger partial charge in [-0.15, -0.1) is 0 Å². The molecule has 0 aromatic heterocycles. The number of hydrogen-bond donors (Lipinski definition) is 3. The third-order valence-electron chi connectivity index (χ3n) is 6.30. The normalized spacial score (nSPS) is 23.7. The average molecular weight is 416 g/mol. The number of carbonyl (C=O) groups excluding carboxylic acids is 1. The van der Waals surface area contributed by atoms with E-state index in [-0.39, 0.29) is 29.3 Å². The van der Waals surface area contributed by atoms with Crippen LogP contribution in [0.15, 0.2) is 18.2 Å². The fraction of sp³-hybridized carbons (Fsp3) is 0.636. The topological polar surface area (TPSA) is 99.1 Å². The molecule has 1 aliphatic carbocycles. The number of rotatable bonds is 9. The smallest absolute Gasteiger partial charge is 0.526 e. The first-order valence-corrected chi connectivity index (χ1v) is 10.9. The molecular weight excluding hydrogens is 383 g/mol. The van der Waals surface area contributed by atoms with Gasteiger partial charge in [-0.3, -0.25) is 4.79 Å². The molecule has 3 N–H and O–H groups in total. The van der Waals surface area contributed by atoms with Crippen LogP contribution in [0.25, 0.3) is 0 Å². The second kappa shape index (κ2) is 10.4. The van der Waals surface area contributed by atoms with Crippen LogP contribution in [0, 0.1) is 5.92 Å². The highest BCUT2D eigenvalue weighted by atomic mass is 16.5. The minimum atomic E-state index is -1.15. The van der Waals surface area contributed by atoms with Crippen molar-refractivity contribution in [3.05, 3.63) is 29.3 Å². The molecular formula is C22H33BN2O5. The molecule has 0 amide bonds. The Hall–Kier alpha value is -1.90. The maximum Gasteiger partial charge on any atom is 0.526 e. The van der Waals surface area contributed by atoms with Crippen molar-refractivity contribution in [2.45, 2.75) is 56.8 Å².